The second-order valence-corrected chi connectivity index (χ2v) is 6.36. The lowest BCUT2D eigenvalue weighted by Crippen LogP contribution is -2.51. The van der Waals surface area contributed by atoms with Gasteiger partial charge in [0, 0.05) is 6.42 Å². The van der Waals surface area contributed by atoms with Crippen LogP contribution in [0.25, 0.3) is 0 Å². The fourth-order valence-electron chi connectivity index (χ4n) is 3.00. The van der Waals surface area contributed by atoms with E-state index in [-0.39, 0.29) is 30.5 Å². The summed E-state index contributed by atoms with van der Waals surface area (Å²) in [6, 6.07) is -1.79. The molecule has 9 nitrogen and oxygen atoms in total. The van der Waals surface area contributed by atoms with Gasteiger partial charge in [0.25, 0.3) is 0 Å². The van der Waals surface area contributed by atoms with Crippen LogP contribution >= 0.6 is 0 Å². The van der Waals surface area contributed by atoms with Crippen LogP contribution in [0.5, 0.6) is 0 Å². The van der Waals surface area contributed by atoms with Gasteiger partial charge in [0.1, 0.15) is 24.8 Å². The molecule has 1 aliphatic heterocycles. The Balaban J connectivity index is 1.89. The fourth-order valence-corrected chi connectivity index (χ4v) is 3.00. The lowest BCUT2D eigenvalue weighted by Gasteiger charge is -2.24. The Labute approximate surface area is 151 Å². The van der Waals surface area contributed by atoms with E-state index in [1.54, 1.807) is 0 Å². The second kappa shape index (κ2) is 8.79. The molecule has 2 N–H and O–H groups in total. The van der Waals surface area contributed by atoms with Gasteiger partial charge in [-0.25, -0.2) is 9.59 Å². The number of amides is 2. The van der Waals surface area contributed by atoms with E-state index in [0.29, 0.717) is 19.3 Å². The predicted molar refractivity (Wildman–Crippen MR) is 89.1 cm³/mol. The van der Waals surface area contributed by atoms with E-state index in [1.807, 2.05) is 0 Å². The van der Waals surface area contributed by atoms with Crippen molar-refractivity contribution in [2.75, 3.05) is 13.7 Å². The molecule has 2 rings (SSSR count). The SMILES string of the molecule is C=CCOC(=O)N[C@@H](C)C(=O)N[C@@H](C[C@H]1CCC(=O)[C@H]2O[C@@H]12)C(=O)OC. The average molecular weight is 368 g/mol. The molecule has 2 fully saturated rings. The van der Waals surface area contributed by atoms with Crippen LogP contribution in [0.4, 0.5) is 4.79 Å². The van der Waals surface area contributed by atoms with Crippen molar-refractivity contribution >= 4 is 23.8 Å². The Kier molecular flexibility index (Phi) is 6.73. The van der Waals surface area contributed by atoms with Crippen LogP contribution in [-0.4, -0.2) is 61.8 Å². The summed E-state index contributed by atoms with van der Waals surface area (Å²) >= 11 is 0. The third kappa shape index (κ3) is 5.04. The largest absolute Gasteiger partial charge is 0.467 e. The third-order valence-corrected chi connectivity index (χ3v) is 4.47. The molecule has 0 spiro atoms. The molecule has 0 aromatic carbocycles. The lowest BCUT2D eigenvalue weighted by atomic mass is 9.84. The van der Waals surface area contributed by atoms with Crippen molar-refractivity contribution in [2.45, 2.75) is 50.5 Å². The molecule has 1 aliphatic carbocycles. The molecule has 2 amide bonds. The van der Waals surface area contributed by atoms with Gasteiger partial charge < -0.3 is 24.8 Å². The Morgan fingerprint density at radius 2 is 2.12 bits per heavy atom. The van der Waals surface area contributed by atoms with Crippen molar-refractivity contribution in [3.8, 4) is 0 Å². The third-order valence-electron chi connectivity index (χ3n) is 4.47. The van der Waals surface area contributed by atoms with Gasteiger partial charge in [0.2, 0.25) is 5.91 Å². The summed E-state index contributed by atoms with van der Waals surface area (Å²) in [6.45, 7) is 4.91. The predicted octanol–water partition coefficient (Wildman–Crippen LogP) is 0.0815. The van der Waals surface area contributed by atoms with Crippen molar-refractivity contribution < 1.29 is 33.4 Å². The molecule has 5 atom stereocenters. The topological polar surface area (TPSA) is 123 Å². The summed E-state index contributed by atoms with van der Waals surface area (Å²) in [5.74, 6) is -1.06. The summed E-state index contributed by atoms with van der Waals surface area (Å²) in [4.78, 5) is 47.3. The minimum atomic E-state index is -0.905. The Hall–Kier alpha value is -2.42. The van der Waals surface area contributed by atoms with E-state index < -0.39 is 30.1 Å². The second-order valence-electron chi connectivity index (χ2n) is 6.36. The van der Waals surface area contributed by atoms with Crippen molar-refractivity contribution in [3.63, 3.8) is 0 Å². The number of alkyl carbamates (subject to hydrolysis) is 1. The van der Waals surface area contributed by atoms with Gasteiger partial charge in [-0.05, 0) is 25.7 Å². The number of ketones is 1. The highest BCUT2D eigenvalue weighted by atomic mass is 16.6. The summed E-state index contributed by atoms with van der Waals surface area (Å²) in [6.07, 6.45) is 1.39. The molecule has 0 aromatic rings. The van der Waals surface area contributed by atoms with Gasteiger partial charge in [-0.3, -0.25) is 9.59 Å². The van der Waals surface area contributed by atoms with Crippen molar-refractivity contribution in [3.05, 3.63) is 12.7 Å². The number of epoxide rings is 1. The quantitative estimate of drug-likeness (QED) is 0.353. The van der Waals surface area contributed by atoms with E-state index in [4.69, 9.17) is 14.2 Å². The number of hydrogen-bond donors (Lipinski definition) is 2. The number of carbonyl (C=O) groups excluding carboxylic acids is 4. The molecular formula is C17H24N2O7. The lowest BCUT2D eigenvalue weighted by molar-refractivity contribution is -0.145. The molecule has 2 aliphatic rings. The Bertz CT molecular complexity index is 592. The molecular weight excluding hydrogens is 344 g/mol. The molecule has 0 bridgehead atoms. The van der Waals surface area contributed by atoms with Gasteiger partial charge in [-0.15, -0.1) is 0 Å². The van der Waals surface area contributed by atoms with Gasteiger partial charge in [-0.1, -0.05) is 12.7 Å². The molecule has 1 saturated carbocycles. The van der Waals surface area contributed by atoms with Crippen LogP contribution in [-0.2, 0) is 28.6 Å². The van der Waals surface area contributed by atoms with Crippen molar-refractivity contribution in [1.29, 1.82) is 0 Å². The Morgan fingerprint density at radius 1 is 1.38 bits per heavy atom. The van der Waals surface area contributed by atoms with Crippen LogP contribution in [0, 0.1) is 5.92 Å². The Morgan fingerprint density at radius 3 is 2.77 bits per heavy atom. The van der Waals surface area contributed by atoms with E-state index in [9.17, 15) is 19.2 Å². The van der Waals surface area contributed by atoms with E-state index >= 15 is 0 Å². The molecule has 1 heterocycles. The summed E-state index contributed by atoms with van der Waals surface area (Å²) in [5, 5.41) is 4.94. The number of hydrogen-bond acceptors (Lipinski definition) is 7. The number of rotatable bonds is 8. The molecule has 1 saturated heterocycles. The number of nitrogens with one attached hydrogen (secondary N) is 2. The van der Waals surface area contributed by atoms with E-state index in [2.05, 4.69) is 17.2 Å². The van der Waals surface area contributed by atoms with Gasteiger partial charge in [-0.2, -0.15) is 0 Å². The summed E-state index contributed by atoms with van der Waals surface area (Å²) in [7, 11) is 1.23. The molecule has 0 unspecified atom stereocenters. The minimum absolute atomic E-state index is 0.0112. The zero-order valence-corrected chi connectivity index (χ0v) is 14.9. The normalized spacial score (nSPS) is 25.9. The number of ether oxygens (including phenoxy) is 3. The molecule has 9 heteroatoms. The maximum absolute atomic E-state index is 12.3. The summed E-state index contributed by atoms with van der Waals surface area (Å²) < 4.78 is 14.9. The first-order valence-corrected chi connectivity index (χ1v) is 8.48. The van der Waals surface area contributed by atoms with Crippen LogP contribution in [0.1, 0.15) is 26.2 Å². The fraction of sp³-hybridized carbons (Fsp3) is 0.647. The van der Waals surface area contributed by atoms with Crippen molar-refractivity contribution in [2.24, 2.45) is 5.92 Å². The monoisotopic (exact) mass is 368 g/mol. The molecule has 26 heavy (non-hydrogen) atoms. The minimum Gasteiger partial charge on any atom is -0.467 e. The first-order chi connectivity index (χ1) is 12.4. The number of carbonyl (C=O) groups is 4. The van der Waals surface area contributed by atoms with Crippen LogP contribution < -0.4 is 10.6 Å². The number of methoxy groups -OCH3 is 1. The first-order valence-electron chi connectivity index (χ1n) is 8.48. The van der Waals surface area contributed by atoms with E-state index in [1.165, 1.54) is 20.1 Å². The van der Waals surface area contributed by atoms with Gasteiger partial charge in [0.15, 0.2) is 5.78 Å². The van der Waals surface area contributed by atoms with Crippen LogP contribution in [0.3, 0.4) is 0 Å². The standard InChI is InChI=1S/C17H24N2O7/c1-4-7-25-17(23)18-9(2)15(21)19-11(16(22)24-3)8-10-5-6-12(20)14-13(10)26-14/h4,9-11,13-14H,1,5-8H2,2-3H3,(H,18,23)(H,19,21)/t9-,10+,11-,13-,14+/m0/s1. The number of Topliss-reactive ketones (excluding diaryl/α,β-unsaturated/α-hetero) is 1. The molecule has 0 aromatic heterocycles. The van der Waals surface area contributed by atoms with Crippen molar-refractivity contribution in [1.82, 2.24) is 10.6 Å². The summed E-state index contributed by atoms with van der Waals surface area (Å²) in [5.41, 5.74) is 0. The van der Waals surface area contributed by atoms with Gasteiger partial charge in [0.05, 0.1) is 13.2 Å². The van der Waals surface area contributed by atoms with Crippen LogP contribution in [0.2, 0.25) is 0 Å². The smallest absolute Gasteiger partial charge is 0.408 e. The maximum Gasteiger partial charge on any atom is 0.408 e. The average Bonchev–Trinajstić information content (AvgIpc) is 3.42. The zero-order valence-electron chi connectivity index (χ0n) is 14.9. The number of fused-ring (bicyclic) bond motifs is 1. The van der Waals surface area contributed by atoms with Gasteiger partial charge >= 0.3 is 12.1 Å². The maximum atomic E-state index is 12.3. The first kappa shape index (κ1) is 19.9. The highest BCUT2D eigenvalue weighted by Crippen LogP contribution is 2.40. The zero-order chi connectivity index (χ0) is 19.3. The highest BCUT2D eigenvalue weighted by Gasteiger charge is 2.53. The number of esters is 1. The molecule has 0 radical (unpaired) electrons. The molecule has 144 valence electrons. The van der Waals surface area contributed by atoms with E-state index in [0.717, 1.165) is 0 Å². The van der Waals surface area contributed by atoms with Crippen LogP contribution in [0.15, 0.2) is 12.7 Å². The highest BCUT2D eigenvalue weighted by molar-refractivity contribution is 5.89.